The van der Waals surface area contributed by atoms with E-state index in [4.69, 9.17) is 17.3 Å². The summed E-state index contributed by atoms with van der Waals surface area (Å²) in [4.78, 5) is 3.93. The minimum Gasteiger partial charge on any atom is -0.326 e. The van der Waals surface area contributed by atoms with Crippen LogP contribution in [0.25, 0.3) is 0 Å². The maximum absolute atomic E-state index is 6.24. The van der Waals surface area contributed by atoms with Crippen LogP contribution in [-0.2, 0) is 0 Å². The van der Waals surface area contributed by atoms with Gasteiger partial charge in [0.15, 0.2) is 0 Å². The Morgan fingerprint density at radius 1 is 1.50 bits per heavy atom. The molecule has 2 atom stereocenters. The molecular formula is C14H23ClN2S. The number of unbranched alkanes of at least 4 members (excludes halogenated alkanes) is 1. The zero-order valence-corrected chi connectivity index (χ0v) is 12.8. The Bertz CT molecular complexity index is 374. The third-order valence-corrected chi connectivity index (χ3v) is 4.83. The summed E-state index contributed by atoms with van der Waals surface area (Å²) in [5.41, 5.74) is 6.24. The molecule has 0 amide bonds. The van der Waals surface area contributed by atoms with Crippen molar-refractivity contribution in [2.45, 2.75) is 57.7 Å². The molecule has 18 heavy (non-hydrogen) atoms. The fourth-order valence-electron chi connectivity index (χ4n) is 2.51. The van der Waals surface area contributed by atoms with Crippen molar-refractivity contribution in [1.82, 2.24) is 4.90 Å². The molecule has 0 aromatic carbocycles. The summed E-state index contributed by atoms with van der Waals surface area (Å²) in [6, 6.07) is 5.36. The van der Waals surface area contributed by atoms with Crippen molar-refractivity contribution < 1.29 is 0 Å². The van der Waals surface area contributed by atoms with Gasteiger partial charge in [-0.2, -0.15) is 0 Å². The van der Waals surface area contributed by atoms with E-state index in [1.807, 2.05) is 6.07 Å². The van der Waals surface area contributed by atoms with E-state index >= 15 is 0 Å². The lowest BCUT2D eigenvalue weighted by Gasteiger charge is -2.34. The van der Waals surface area contributed by atoms with Gasteiger partial charge in [0.1, 0.15) is 0 Å². The Balaban J connectivity index is 2.15. The third-order valence-electron chi connectivity index (χ3n) is 3.53. The number of nitrogens with two attached hydrogens (primary N) is 1. The van der Waals surface area contributed by atoms with Gasteiger partial charge in [-0.15, -0.1) is 11.3 Å². The van der Waals surface area contributed by atoms with Gasteiger partial charge < -0.3 is 5.73 Å². The molecule has 2 nitrogen and oxygen atoms in total. The van der Waals surface area contributed by atoms with E-state index in [0.29, 0.717) is 6.04 Å². The van der Waals surface area contributed by atoms with Crippen molar-refractivity contribution >= 4 is 22.9 Å². The largest absolute Gasteiger partial charge is 0.326 e. The van der Waals surface area contributed by atoms with Gasteiger partial charge in [0.05, 0.1) is 10.4 Å². The lowest BCUT2D eigenvalue weighted by molar-refractivity contribution is 0.166. The molecule has 1 aromatic rings. The van der Waals surface area contributed by atoms with Crippen LogP contribution >= 0.6 is 22.9 Å². The lowest BCUT2D eigenvalue weighted by Crippen LogP contribution is -2.41. The fraction of sp³-hybridized carbons (Fsp3) is 0.714. The minimum atomic E-state index is 0.150. The average molecular weight is 287 g/mol. The summed E-state index contributed by atoms with van der Waals surface area (Å²) >= 11 is 7.75. The number of hydrogen-bond acceptors (Lipinski definition) is 3. The summed E-state index contributed by atoms with van der Waals surface area (Å²) in [6.07, 6.45) is 5.14. The first-order chi connectivity index (χ1) is 8.63. The zero-order valence-electron chi connectivity index (χ0n) is 11.2. The van der Waals surface area contributed by atoms with Crippen molar-refractivity contribution in [3.63, 3.8) is 0 Å². The molecule has 0 radical (unpaired) electrons. The maximum atomic E-state index is 6.24. The zero-order chi connectivity index (χ0) is 13.1. The minimum absolute atomic E-state index is 0.150. The molecule has 102 valence electrons. The van der Waals surface area contributed by atoms with Gasteiger partial charge in [-0.3, -0.25) is 4.90 Å². The van der Waals surface area contributed by atoms with Gasteiger partial charge >= 0.3 is 0 Å². The quantitative estimate of drug-likeness (QED) is 0.819. The molecule has 4 heteroatoms. The summed E-state index contributed by atoms with van der Waals surface area (Å²) < 4.78 is 0.863. The highest BCUT2D eigenvalue weighted by molar-refractivity contribution is 7.16. The van der Waals surface area contributed by atoms with Gasteiger partial charge in [-0.1, -0.05) is 24.9 Å². The Morgan fingerprint density at radius 2 is 2.22 bits per heavy atom. The van der Waals surface area contributed by atoms with Gasteiger partial charge in [-0.25, -0.2) is 0 Å². The van der Waals surface area contributed by atoms with Gasteiger partial charge in [-0.05, 0) is 44.9 Å². The molecule has 2 rings (SSSR count). The highest BCUT2D eigenvalue weighted by atomic mass is 35.5. The number of hydrogen-bond donors (Lipinski definition) is 1. The third kappa shape index (κ3) is 3.47. The second-order valence-corrected chi connectivity index (χ2v) is 7.02. The first-order valence-electron chi connectivity index (χ1n) is 6.90. The standard InChI is InChI=1S/C14H23ClN2S/c1-3-4-9-17(11-5-6-11)14(10(2)16)12-7-8-13(15)18-12/h7-8,10-11,14H,3-6,9,16H2,1-2H3. The molecule has 0 bridgehead atoms. The smallest absolute Gasteiger partial charge is 0.0931 e. The van der Waals surface area contributed by atoms with Crippen LogP contribution in [0.2, 0.25) is 4.34 Å². The summed E-state index contributed by atoms with van der Waals surface area (Å²) in [5.74, 6) is 0. The van der Waals surface area contributed by atoms with Gasteiger partial charge in [0.25, 0.3) is 0 Å². The molecule has 1 aliphatic rings. The molecule has 2 N–H and O–H groups in total. The number of nitrogens with zero attached hydrogens (tertiary/aromatic N) is 1. The van der Waals surface area contributed by atoms with E-state index in [2.05, 4.69) is 24.8 Å². The number of rotatable bonds is 7. The SMILES string of the molecule is CCCCN(C1CC1)C(c1ccc(Cl)s1)C(C)N. The van der Waals surface area contributed by atoms with Crippen LogP contribution in [0.1, 0.15) is 50.4 Å². The molecule has 0 saturated heterocycles. The molecule has 0 aliphatic heterocycles. The Labute approximate surface area is 119 Å². The van der Waals surface area contributed by atoms with E-state index in [1.54, 1.807) is 11.3 Å². The van der Waals surface area contributed by atoms with Gasteiger partial charge in [0, 0.05) is 17.0 Å². The predicted molar refractivity (Wildman–Crippen MR) is 80.4 cm³/mol. The van der Waals surface area contributed by atoms with Crippen LogP contribution in [0.3, 0.4) is 0 Å². The Morgan fingerprint density at radius 3 is 2.67 bits per heavy atom. The first-order valence-corrected chi connectivity index (χ1v) is 8.09. The fourth-order valence-corrected chi connectivity index (χ4v) is 3.81. The van der Waals surface area contributed by atoms with Crippen molar-refractivity contribution in [1.29, 1.82) is 0 Å². The second-order valence-electron chi connectivity index (χ2n) is 5.27. The van der Waals surface area contributed by atoms with Crippen molar-refractivity contribution in [2.75, 3.05) is 6.54 Å². The van der Waals surface area contributed by atoms with Crippen LogP contribution in [0.4, 0.5) is 0 Å². The van der Waals surface area contributed by atoms with Crippen LogP contribution in [0.15, 0.2) is 12.1 Å². The van der Waals surface area contributed by atoms with Gasteiger partial charge in [0.2, 0.25) is 0 Å². The van der Waals surface area contributed by atoms with E-state index in [1.165, 1.54) is 30.6 Å². The highest BCUT2D eigenvalue weighted by Crippen LogP contribution is 2.39. The lowest BCUT2D eigenvalue weighted by atomic mass is 10.1. The summed E-state index contributed by atoms with van der Waals surface area (Å²) in [6.45, 7) is 5.51. The average Bonchev–Trinajstić information content (AvgIpc) is 3.07. The normalized spacial score (nSPS) is 19.2. The molecular weight excluding hydrogens is 264 g/mol. The molecule has 1 aromatic heterocycles. The topological polar surface area (TPSA) is 29.3 Å². The van der Waals surface area contributed by atoms with E-state index in [-0.39, 0.29) is 6.04 Å². The highest BCUT2D eigenvalue weighted by Gasteiger charge is 2.36. The summed E-state index contributed by atoms with van der Waals surface area (Å²) in [5, 5.41) is 0. The molecule has 1 fully saturated rings. The number of halogens is 1. The summed E-state index contributed by atoms with van der Waals surface area (Å²) in [7, 11) is 0. The van der Waals surface area contributed by atoms with Crippen LogP contribution < -0.4 is 5.73 Å². The first kappa shape index (κ1) is 14.3. The van der Waals surface area contributed by atoms with E-state index < -0.39 is 0 Å². The molecule has 1 aliphatic carbocycles. The van der Waals surface area contributed by atoms with Crippen molar-refractivity contribution in [2.24, 2.45) is 5.73 Å². The van der Waals surface area contributed by atoms with Crippen LogP contribution in [0.5, 0.6) is 0 Å². The second kappa shape index (κ2) is 6.38. The monoisotopic (exact) mass is 286 g/mol. The van der Waals surface area contributed by atoms with Crippen molar-refractivity contribution in [3.05, 3.63) is 21.3 Å². The Hall–Kier alpha value is -0.0900. The van der Waals surface area contributed by atoms with E-state index in [9.17, 15) is 0 Å². The molecule has 1 saturated carbocycles. The van der Waals surface area contributed by atoms with E-state index in [0.717, 1.165) is 16.9 Å². The molecule has 1 heterocycles. The van der Waals surface area contributed by atoms with Crippen molar-refractivity contribution in [3.8, 4) is 0 Å². The van der Waals surface area contributed by atoms with Crippen LogP contribution in [0, 0.1) is 0 Å². The predicted octanol–water partition coefficient (Wildman–Crippen LogP) is 4.05. The maximum Gasteiger partial charge on any atom is 0.0931 e. The molecule has 0 spiro atoms. The van der Waals surface area contributed by atoms with Crippen LogP contribution in [-0.4, -0.2) is 23.5 Å². The molecule has 2 unspecified atom stereocenters. The number of thiophene rings is 1. The Kier molecular flexibility index (Phi) is 5.07.